The van der Waals surface area contributed by atoms with Gasteiger partial charge >= 0.3 is 5.97 Å². The molecule has 2 N–H and O–H groups in total. The van der Waals surface area contributed by atoms with Crippen molar-refractivity contribution in [3.05, 3.63) is 64.7 Å². The Labute approximate surface area is 190 Å². The van der Waals surface area contributed by atoms with Crippen molar-refractivity contribution >= 4 is 17.6 Å². The largest absolute Gasteiger partial charge is 0.462 e. The van der Waals surface area contributed by atoms with Gasteiger partial charge in [0.05, 0.1) is 35.3 Å². The number of hydrogen-bond donors (Lipinski definition) is 2. The molecule has 10 heteroatoms. The van der Waals surface area contributed by atoms with Crippen LogP contribution in [0.5, 0.6) is 0 Å². The van der Waals surface area contributed by atoms with Crippen LogP contribution in [0.15, 0.2) is 36.7 Å². The molecule has 0 amide bonds. The summed E-state index contributed by atoms with van der Waals surface area (Å²) in [5.41, 5.74) is 4.89. The number of benzene rings is 1. The lowest BCUT2D eigenvalue weighted by Gasteiger charge is -2.08. The highest BCUT2D eigenvalue weighted by Crippen LogP contribution is 2.28. The van der Waals surface area contributed by atoms with E-state index in [-0.39, 0.29) is 6.61 Å². The summed E-state index contributed by atoms with van der Waals surface area (Å²) >= 11 is 0. The molecule has 0 saturated heterocycles. The number of aromatic nitrogens is 6. The van der Waals surface area contributed by atoms with E-state index in [4.69, 9.17) is 10.00 Å². The smallest absolute Gasteiger partial charge is 0.341 e. The highest BCUT2D eigenvalue weighted by atomic mass is 16.5. The summed E-state index contributed by atoms with van der Waals surface area (Å²) in [4.78, 5) is 20.9. The zero-order valence-corrected chi connectivity index (χ0v) is 18.7. The Bertz CT molecular complexity index is 1360. The first kappa shape index (κ1) is 21.7. The zero-order chi connectivity index (χ0) is 23.5. The van der Waals surface area contributed by atoms with Crippen molar-refractivity contribution in [3.63, 3.8) is 0 Å². The van der Waals surface area contributed by atoms with E-state index in [0.717, 1.165) is 16.8 Å². The van der Waals surface area contributed by atoms with Crippen molar-refractivity contribution in [1.82, 2.24) is 29.9 Å². The molecule has 0 radical (unpaired) electrons. The topological polar surface area (TPSA) is 134 Å². The lowest BCUT2D eigenvalue weighted by Crippen LogP contribution is -2.08. The van der Waals surface area contributed by atoms with E-state index in [1.165, 1.54) is 6.33 Å². The van der Waals surface area contributed by atoms with Crippen molar-refractivity contribution in [2.24, 2.45) is 0 Å². The van der Waals surface area contributed by atoms with Crippen molar-refractivity contribution in [1.29, 1.82) is 5.26 Å². The summed E-state index contributed by atoms with van der Waals surface area (Å²) in [6, 6.07) is 11.1. The maximum atomic E-state index is 12.3. The first-order valence-corrected chi connectivity index (χ1v) is 10.3. The molecule has 10 nitrogen and oxygen atoms in total. The van der Waals surface area contributed by atoms with Gasteiger partial charge in [-0.3, -0.25) is 5.10 Å². The number of aryl methyl sites for hydroxylation is 1. The molecule has 0 aliphatic rings. The SMILES string of the molecule is CCOC(=O)c1c(C)nn(-c2cc(Nc3n[nH]c(-c4ccc(C#N)cc4)c3C)ncn2)c1C. The molecule has 4 rings (SSSR count). The van der Waals surface area contributed by atoms with Gasteiger partial charge in [-0.05, 0) is 45.4 Å². The number of carbonyl (C=O) groups is 1. The second-order valence-corrected chi connectivity index (χ2v) is 7.33. The molecule has 0 bridgehead atoms. The number of nitrogens with zero attached hydrogens (tertiary/aromatic N) is 6. The molecule has 0 saturated carbocycles. The van der Waals surface area contributed by atoms with Crippen LogP contribution in [0.3, 0.4) is 0 Å². The van der Waals surface area contributed by atoms with Gasteiger partial charge < -0.3 is 10.1 Å². The van der Waals surface area contributed by atoms with Gasteiger partial charge in [-0.1, -0.05) is 12.1 Å². The molecular formula is C23H22N8O2. The zero-order valence-electron chi connectivity index (χ0n) is 18.7. The molecule has 0 spiro atoms. The molecule has 0 unspecified atom stereocenters. The highest BCUT2D eigenvalue weighted by molar-refractivity contribution is 5.92. The number of carbonyl (C=O) groups excluding carboxylic acids is 1. The minimum atomic E-state index is -0.409. The molecule has 1 aromatic carbocycles. The predicted octanol–water partition coefficient (Wildman–Crippen LogP) is 3.77. The maximum absolute atomic E-state index is 12.3. The number of anilines is 2. The first-order valence-electron chi connectivity index (χ1n) is 10.3. The third kappa shape index (κ3) is 4.16. The van der Waals surface area contributed by atoms with E-state index < -0.39 is 5.97 Å². The van der Waals surface area contributed by atoms with E-state index in [9.17, 15) is 4.79 Å². The molecule has 3 aromatic heterocycles. The van der Waals surface area contributed by atoms with Crippen LogP contribution < -0.4 is 5.32 Å². The first-order chi connectivity index (χ1) is 15.9. The highest BCUT2D eigenvalue weighted by Gasteiger charge is 2.21. The summed E-state index contributed by atoms with van der Waals surface area (Å²) in [6.07, 6.45) is 1.42. The van der Waals surface area contributed by atoms with Crippen LogP contribution in [0.4, 0.5) is 11.6 Å². The van der Waals surface area contributed by atoms with Crippen LogP contribution in [0.2, 0.25) is 0 Å². The number of nitrogens with one attached hydrogen (secondary N) is 2. The molecule has 4 aromatic rings. The van der Waals surface area contributed by atoms with Gasteiger partial charge in [0.2, 0.25) is 0 Å². The van der Waals surface area contributed by atoms with E-state index in [1.807, 2.05) is 19.1 Å². The van der Waals surface area contributed by atoms with E-state index in [1.54, 1.807) is 43.7 Å². The number of ether oxygens (including phenoxy) is 1. The Hall–Kier alpha value is -4.52. The number of aromatic amines is 1. The van der Waals surface area contributed by atoms with Gasteiger partial charge in [0.15, 0.2) is 11.6 Å². The van der Waals surface area contributed by atoms with Gasteiger partial charge in [-0.25, -0.2) is 19.4 Å². The van der Waals surface area contributed by atoms with Gasteiger partial charge in [0, 0.05) is 11.6 Å². The van der Waals surface area contributed by atoms with Crippen LogP contribution in [0.1, 0.15) is 39.8 Å². The van der Waals surface area contributed by atoms with Crippen LogP contribution in [-0.2, 0) is 4.74 Å². The summed E-state index contributed by atoms with van der Waals surface area (Å²) in [7, 11) is 0. The second kappa shape index (κ2) is 8.92. The lowest BCUT2D eigenvalue weighted by atomic mass is 10.1. The lowest BCUT2D eigenvalue weighted by molar-refractivity contribution is 0.0524. The Kier molecular flexibility index (Phi) is 5.87. The van der Waals surface area contributed by atoms with Gasteiger partial charge in [-0.15, -0.1) is 0 Å². The van der Waals surface area contributed by atoms with E-state index in [2.05, 4.69) is 36.7 Å². The Morgan fingerprint density at radius 1 is 1.21 bits per heavy atom. The number of nitriles is 1. The van der Waals surface area contributed by atoms with E-state index >= 15 is 0 Å². The van der Waals surface area contributed by atoms with Gasteiger partial charge in [-0.2, -0.15) is 15.5 Å². The number of rotatable bonds is 6. The van der Waals surface area contributed by atoms with Crippen molar-refractivity contribution in [3.8, 4) is 23.1 Å². The molecule has 0 atom stereocenters. The maximum Gasteiger partial charge on any atom is 0.341 e. The molecule has 0 aliphatic carbocycles. The Balaban J connectivity index is 1.61. The normalized spacial score (nSPS) is 10.6. The third-order valence-corrected chi connectivity index (χ3v) is 5.20. The molecular weight excluding hydrogens is 420 g/mol. The van der Waals surface area contributed by atoms with Gasteiger partial charge in [0.1, 0.15) is 17.7 Å². The second-order valence-electron chi connectivity index (χ2n) is 7.33. The van der Waals surface area contributed by atoms with Crippen LogP contribution in [0, 0.1) is 32.1 Å². The fourth-order valence-corrected chi connectivity index (χ4v) is 3.53. The average Bonchev–Trinajstić information content (AvgIpc) is 3.32. The van der Waals surface area contributed by atoms with Crippen molar-refractivity contribution in [2.75, 3.05) is 11.9 Å². The molecule has 33 heavy (non-hydrogen) atoms. The minimum Gasteiger partial charge on any atom is -0.462 e. The average molecular weight is 442 g/mol. The minimum absolute atomic E-state index is 0.290. The summed E-state index contributed by atoms with van der Waals surface area (Å²) in [5, 5.41) is 24.0. The number of H-pyrrole nitrogens is 1. The molecule has 0 fully saturated rings. The monoisotopic (exact) mass is 442 g/mol. The quantitative estimate of drug-likeness (QED) is 0.431. The molecule has 166 valence electrons. The predicted molar refractivity (Wildman–Crippen MR) is 121 cm³/mol. The fraction of sp³-hybridized carbons (Fsp3) is 0.217. The van der Waals surface area contributed by atoms with Gasteiger partial charge in [0.25, 0.3) is 0 Å². The van der Waals surface area contributed by atoms with Crippen LogP contribution in [0.25, 0.3) is 17.1 Å². The van der Waals surface area contributed by atoms with E-state index in [0.29, 0.717) is 40.0 Å². The summed E-state index contributed by atoms with van der Waals surface area (Å²) in [5.74, 6) is 1.23. The fourth-order valence-electron chi connectivity index (χ4n) is 3.53. The third-order valence-electron chi connectivity index (χ3n) is 5.20. The van der Waals surface area contributed by atoms with Crippen LogP contribution >= 0.6 is 0 Å². The van der Waals surface area contributed by atoms with Crippen molar-refractivity contribution < 1.29 is 9.53 Å². The number of hydrogen-bond acceptors (Lipinski definition) is 8. The number of esters is 1. The van der Waals surface area contributed by atoms with Crippen molar-refractivity contribution in [2.45, 2.75) is 27.7 Å². The summed E-state index contributed by atoms with van der Waals surface area (Å²) in [6.45, 7) is 7.54. The molecule has 0 aliphatic heterocycles. The Morgan fingerprint density at radius 2 is 1.97 bits per heavy atom. The molecule has 3 heterocycles. The van der Waals surface area contributed by atoms with Crippen LogP contribution in [-0.4, -0.2) is 42.5 Å². The standard InChI is InChI=1S/C23H22N8O2/c1-5-33-23(32)20-14(3)30-31(15(20)4)19-10-18(25-12-26-19)27-22-13(2)21(28-29-22)17-8-6-16(11-24)7-9-17/h6-10,12H,5H2,1-4H3,(H2,25,26,27,28,29). The Morgan fingerprint density at radius 3 is 2.67 bits per heavy atom. The summed E-state index contributed by atoms with van der Waals surface area (Å²) < 4.78 is 6.73.